The largest absolute Gasteiger partial charge is 0.369 e. The first-order valence-corrected chi connectivity index (χ1v) is 10.5. The molecule has 144 valence electrons. The highest BCUT2D eigenvalue weighted by atomic mass is 32.2. The highest BCUT2D eigenvalue weighted by Gasteiger charge is 2.15. The van der Waals surface area contributed by atoms with Crippen LogP contribution in [0.2, 0.25) is 0 Å². The number of fused-ring (bicyclic) bond motifs is 1. The molecule has 2 aromatic rings. The fourth-order valence-electron chi connectivity index (χ4n) is 2.71. The van der Waals surface area contributed by atoms with Gasteiger partial charge in [0.2, 0.25) is 5.91 Å². The summed E-state index contributed by atoms with van der Waals surface area (Å²) in [6.45, 7) is 10.4. The van der Waals surface area contributed by atoms with E-state index in [4.69, 9.17) is 0 Å². The van der Waals surface area contributed by atoms with Gasteiger partial charge in [0, 0.05) is 19.0 Å². The number of carbonyl (C=O) groups excluding carboxylic acids is 1. The topological polar surface area (TPSA) is 84.7 Å². The summed E-state index contributed by atoms with van der Waals surface area (Å²) in [5.74, 6) is 1.54. The van der Waals surface area contributed by atoms with Gasteiger partial charge in [-0.15, -0.1) is 0 Å². The Morgan fingerprint density at radius 2 is 2.00 bits per heavy atom. The molecule has 7 nitrogen and oxygen atoms in total. The predicted octanol–water partition coefficient (Wildman–Crippen LogP) is 3.17. The van der Waals surface area contributed by atoms with Crippen LogP contribution in [0.25, 0.3) is 11.0 Å². The Kier molecular flexibility index (Phi) is 7.68. The first kappa shape index (κ1) is 20.5. The van der Waals surface area contributed by atoms with Gasteiger partial charge in [-0.2, -0.15) is 5.10 Å². The molecule has 0 aliphatic carbocycles. The number of hydrogen-bond acceptors (Lipinski definition) is 6. The molecule has 8 heteroatoms. The fraction of sp³-hybridized carbons (Fsp3) is 0.667. The quantitative estimate of drug-likeness (QED) is 0.488. The Balaban J connectivity index is 2.13. The molecule has 2 rings (SSSR count). The van der Waals surface area contributed by atoms with Gasteiger partial charge in [0.25, 0.3) is 0 Å². The summed E-state index contributed by atoms with van der Waals surface area (Å²) in [5, 5.41) is 12.5. The average Bonchev–Trinajstić information content (AvgIpc) is 3.03. The zero-order valence-corrected chi connectivity index (χ0v) is 17.2. The third-order valence-electron chi connectivity index (χ3n) is 4.32. The molecule has 2 heterocycles. The zero-order valence-electron chi connectivity index (χ0n) is 16.4. The van der Waals surface area contributed by atoms with Crippen LogP contribution in [-0.2, 0) is 11.3 Å². The minimum atomic E-state index is 0.0848. The Morgan fingerprint density at radius 1 is 1.27 bits per heavy atom. The summed E-state index contributed by atoms with van der Waals surface area (Å²) in [6.07, 6.45) is 5.49. The molecule has 2 aromatic heterocycles. The maximum Gasteiger partial charge on any atom is 0.223 e. The lowest BCUT2D eigenvalue weighted by atomic mass is 10.0. The second-order valence-electron chi connectivity index (χ2n) is 6.74. The number of hydrogen-bond donors (Lipinski definition) is 2. The van der Waals surface area contributed by atoms with Crippen LogP contribution in [0.4, 0.5) is 5.82 Å². The summed E-state index contributed by atoms with van der Waals surface area (Å²) < 4.78 is 1.84. The molecule has 0 fully saturated rings. The third-order valence-corrected chi connectivity index (χ3v) is 4.86. The molecule has 0 radical (unpaired) electrons. The second kappa shape index (κ2) is 9.75. The van der Waals surface area contributed by atoms with Gasteiger partial charge >= 0.3 is 0 Å². The molecule has 0 spiro atoms. The smallest absolute Gasteiger partial charge is 0.223 e. The molecule has 0 saturated heterocycles. The minimum absolute atomic E-state index is 0.0848. The van der Waals surface area contributed by atoms with Crippen molar-refractivity contribution < 1.29 is 4.79 Å². The number of rotatable bonds is 10. The van der Waals surface area contributed by atoms with Crippen molar-refractivity contribution in [3.8, 4) is 0 Å². The Morgan fingerprint density at radius 3 is 2.62 bits per heavy atom. The van der Waals surface area contributed by atoms with Crippen LogP contribution in [0.5, 0.6) is 0 Å². The number of nitrogens with zero attached hydrogens (tertiary/aromatic N) is 4. The summed E-state index contributed by atoms with van der Waals surface area (Å²) in [5.41, 5.74) is 0.799. The van der Waals surface area contributed by atoms with E-state index in [9.17, 15) is 4.79 Å². The van der Waals surface area contributed by atoms with Gasteiger partial charge in [-0.05, 0) is 25.0 Å². The fourth-order valence-corrected chi connectivity index (χ4v) is 3.07. The van der Waals surface area contributed by atoms with Gasteiger partial charge in [-0.25, -0.2) is 14.6 Å². The maximum absolute atomic E-state index is 12.1. The van der Waals surface area contributed by atoms with Crippen LogP contribution in [0.1, 0.15) is 40.5 Å². The summed E-state index contributed by atoms with van der Waals surface area (Å²) in [7, 11) is 0. The van der Waals surface area contributed by atoms with Gasteiger partial charge in [-0.3, -0.25) is 4.79 Å². The maximum atomic E-state index is 12.1. The van der Waals surface area contributed by atoms with E-state index in [1.54, 1.807) is 6.20 Å². The number of thioether (sulfide) groups is 1. The van der Waals surface area contributed by atoms with Crippen molar-refractivity contribution in [1.82, 2.24) is 25.1 Å². The van der Waals surface area contributed by atoms with E-state index in [1.165, 1.54) is 11.8 Å². The summed E-state index contributed by atoms with van der Waals surface area (Å²) >= 11 is 1.51. The van der Waals surface area contributed by atoms with Crippen LogP contribution in [-0.4, -0.2) is 45.0 Å². The first-order valence-electron chi connectivity index (χ1n) is 9.29. The van der Waals surface area contributed by atoms with Gasteiger partial charge in [0.05, 0.1) is 18.1 Å². The zero-order chi connectivity index (χ0) is 19.1. The summed E-state index contributed by atoms with van der Waals surface area (Å²) in [4.78, 5) is 21.3. The van der Waals surface area contributed by atoms with Crippen LogP contribution < -0.4 is 10.6 Å². The van der Waals surface area contributed by atoms with E-state index in [1.807, 2.05) is 24.8 Å². The van der Waals surface area contributed by atoms with Crippen molar-refractivity contribution in [2.24, 2.45) is 11.8 Å². The van der Waals surface area contributed by atoms with E-state index in [0.717, 1.165) is 36.2 Å². The van der Waals surface area contributed by atoms with E-state index >= 15 is 0 Å². The summed E-state index contributed by atoms with van der Waals surface area (Å²) in [6, 6.07) is 0. The number of nitrogens with one attached hydrogen (secondary N) is 2. The van der Waals surface area contributed by atoms with Gasteiger partial charge in [0.1, 0.15) is 5.82 Å². The third kappa shape index (κ3) is 5.09. The molecule has 1 amide bonds. The van der Waals surface area contributed by atoms with Crippen molar-refractivity contribution >= 4 is 34.5 Å². The molecule has 2 N–H and O–H groups in total. The highest BCUT2D eigenvalue weighted by molar-refractivity contribution is 7.98. The second-order valence-corrected chi connectivity index (χ2v) is 7.52. The molecular weight excluding hydrogens is 348 g/mol. The van der Waals surface area contributed by atoms with Crippen molar-refractivity contribution in [2.45, 2.75) is 52.2 Å². The van der Waals surface area contributed by atoms with E-state index in [-0.39, 0.29) is 11.8 Å². The standard InChI is InChI=1S/C18H30N6OS/c1-6-13(7-2)17(25)19-8-9-24-16-14(11-21-24)15(20-10-12(3)4)22-18(23-16)26-5/h11-13H,6-10H2,1-5H3,(H,19,25)(H,20,22,23). The van der Waals surface area contributed by atoms with Crippen molar-refractivity contribution in [1.29, 1.82) is 0 Å². The lowest BCUT2D eigenvalue weighted by Crippen LogP contribution is -2.32. The Bertz CT molecular complexity index is 726. The molecule has 0 aliphatic heterocycles. The van der Waals surface area contributed by atoms with Crippen LogP contribution in [0.15, 0.2) is 11.4 Å². The van der Waals surface area contributed by atoms with Crippen LogP contribution in [0, 0.1) is 11.8 Å². The van der Waals surface area contributed by atoms with Crippen molar-refractivity contribution in [2.75, 3.05) is 24.7 Å². The first-order chi connectivity index (χ1) is 12.5. The van der Waals surface area contributed by atoms with Gasteiger partial charge < -0.3 is 10.6 Å². The molecule has 0 bridgehead atoms. The van der Waals surface area contributed by atoms with Gasteiger partial charge in [0.15, 0.2) is 10.8 Å². The lowest BCUT2D eigenvalue weighted by Gasteiger charge is -2.13. The number of amides is 1. The highest BCUT2D eigenvalue weighted by Crippen LogP contribution is 2.23. The van der Waals surface area contributed by atoms with Crippen LogP contribution >= 0.6 is 11.8 Å². The Hall–Kier alpha value is -1.83. The van der Waals surface area contributed by atoms with Crippen molar-refractivity contribution in [3.05, 3.63) is 6.20 Å². The molecule has 0 saturated carbocycles. The normalized spacial score (nSPS) is 11.5. The molecule has 0 aliphatic rings. The predicted molar refractivity (Wildman–Crippen MR) is 108 cm³/mol. The van der Waals surface area contributed by atoms with E-state index in [2.05, 4.69) is 39.5 Å². The number of aromatic nitrogens is 4. The van der Waals surface area contributed by atoms with Crippen LogP contribution in [0.3, 0.4) is 0 Å². The molecular formula is C18H30N6OS. The van der Waals surface area contributed by atoms with Gasteiger partial charge in [-0.1, -0.05) is 39.5 Å². The molecule has 0 unspecified atom stereocenters. The van der Waals surface area contributed by atoms with Crippen molar-refractivity contribution in [3.63, 3.8) is 0 Å². The Labute approximate surface area is 159 Å². The number of anilines is 1. The minimum Gasteiger partial charge on any atom is -0.369 e. The molecule has 0 aromatic carbocycles. The average molecular weight is 379 g/mol. The molecule has 0 atom stereocenters. The van der Waals surface area contributed by atoms with E-state index < -0.39 is 0 Å². The van der Waals surface area contributed by atoms with E-state index in [0.29, 0.717) is 24.2 Å². The lowest BCUT2D eigenvalue weighted by molar-refractivity contribution is -0.125. The number of carbonyl (C=O) groups is 1. The SMILES string of the molecule is CCC(CC)C(=O)NCCn1ncc2c(NCC(C)C)nc(SC)nc21. The monoisotopic (exact) mass is 378 g/mol. The molecule has 26 heavy (non-hydrogen) atoms.